The highest BCUT2D eigenvalue weighted by atomic mass is 32.2. The summed E-state index contributed by atoms with van der Waals surface area (Å²) in [6, 6.07) is 10.3. The molecule has 160 valence electrons. The minimum Gasteiger partial charge on any atom is -0.492 e. The van der Waals surface area contributed by atoms with Crippen LogP contribution in [0.1, 0.15) is 34.8 Å². The van der Waals surface area contributed by atoms with Crippen molar-refractivity contribution < 1.29 is 22.7 Å². The monoisotopic (exact) mass is 430 g/mol. The van der Waals surface area contributed by atoms with Crippen LogP contribution in [0, 0.1) is 0 Å². The molecule has 0 unspecified atom stereocenters. The lowest BCUT2D eigenvalue weighted by molar-refractivity contribution is 0.0730. The third-order valence-electron chi connectivity index (χ3n) is 5.47. The highest BCUT2D eigenvalue weighted by Crippen LogP contribution is 2.30. The van der Waals surface area contributed by atoms with Crippen LogP contribution in [-0.4, -0.2) is 51.5 Å². The molecule has 1 amide bonds. The van der Waals surface area contributed by atoms with E-state index in [-0.39, 0.29) is 10.8 Å². The predicted molar refractivity (Wildman–Crippen MR) is 114 cm³/mol. The molecule has 1 aliphatic heterocycles. The molecule has 0 saturated carbocycles. The number of hydrogen-bond acceptors (Lipinski definition) is 5. The van der Waals surface area contributed by atoms with Crippen LogP contribution < -0.4 is 10.1 Å². The topological polar surface area (TPSA) is 84.9 Å². The standard InChI is InChI=1S/C22H26N2O5S/c1-2-29-21-9-8-19(30(26,27)24-10-12-28-13-11-24)15-20(21)23-22(25)18-7-6-16-4-3-5-17(16)14-18/h6-9,14-15H,2-5,10-13H2,1H3,(H,23,25). The SMILES string of the molecule is CCOc1ccc(S(=O)(=O)N2CCOCC2)cc1NC(=O)c1ccc2c(c1)CCC2. The average Bonchev–Trinajstić information content (AvgIpc) is 3.23. The molecule has 30 heavy (non-hydrogen) atoms. The van der Waals surface area contributed by atoms with Gasteiger partial charge in [-0.25, -0.2) is 8.42 Å². The Kier molecular flexibility index (Phi) is 6.08. The number of aryl methyl sites for hydroxylation is 2. The van der Waals surface area contributed by atoms with Crippen molar-refractivity contribution >= 4 is 21.6 Å². The number of carbonyl (C=O) groups is 1. The normalized spacial score (nSPS) is 16.8. The molecular formula is C22H26N2O5S. The summed E-state index contributed by atoms with van der Waals surface area (Å²) >= 11 is 0. The largest absolute Gasteiger partial charge is 0.492 e. The second-order valence-electron chi connectivity index (χ2n) is 7.40. The van der Waals surface area contributed by atoms with Gasteiger partial charge in [0.1, 0.15) is 5.75 Å². The summed E-state index contributed by atoms with van der Waals surface area (Å²) in [5.41, 5.74) is 3.40. The molecule has 1 heterocycles. The predicted octanol–water partition coefficient (Wildman–Crippen LogP) is 2.85. The van der Waals surface area contributed by atoms with Crippen molar-refractivity contribution in [1.82, 2.24) is 4.31 Å². The van der Waals surface area contributed by atoms with Crippen molar-refractivity contribution in [3.63, 3.8) is 0 Å². The number of amides is 1. The van der Waals surface area contributed by atoms with Gasteiger partial charge in [0, 0.05) is 18.7 Å². The number of rotatable bonds is 6. The van der Waals surface area contributed by atoms with Crippen molar-refractivity contribution in [1.29, 1.82) is 0 Å². The van der Waals surface area contributed by atoms with Crippen molar-refractivity contribution in [2.75, 3.05) is 38.2 Å². The Morgan fingerprint density at radius 2 is 1.87 bits per heavy atom. The van der Waals surface area contributed by atoms with E-state index in [1.165, 1.54) is 27.6 Å². The van der Waals surface area contributed by atoms with Crippen LogP contribution in [0.3, 0.4) is 0 Å². The first-order chi connectivity index (χ1) is 14.5. The quantitative estimate of drug-likeness (QED) is 0.762. The van der Waals surface area contributed by atoms with Gasteiger partial charge in [0.25, 0.3) is 5.91 Å². The first-order valence-corrected chi connectivity index (χ1v) is 11.7. The van der Waals surface area contributed by atoms with Gasteiger partial charge in [-0.05, 0) is 67.6 Å². The minimum atomic E-state index is -3.68. The van der Waals surface area contributed by atoms with Crippen molar-refractivity contribution in [2.45, 2.75) is 31.1 Å². The first kappa shape index (κ1) is 20.8. The zero-order chi connectivity index (χ0) is 21.1. The van der Waals surface area contributed by atoms with E-state index in [0.717, 1.165) is 19.3 Å². The van der Waals surface area contributed by atoms with Crippen LogP contribution in [0.2, 0.25) is 0 Å². The number of sulfonamides is 1. The molecule has 7 nitrogen and oxygen atoms in total. The van der Waals surface area contributed by atoms with Gasteiger partial charge < -0.3 is 14.8 Å². The van der Waals surface area contributed by atoms with E-state index in [9.17, 15) is 13.2 Å². The van der Waals surface area contributed by atoms with E-state index in [1.54, 1.807) is 6.07 Å². The average molecular weight is 431 g/mol. The maximum Gasteiger partial charge on any atom is 0.255 e. The number of benzene rings is 2. The van der Waals surface area contributed by atoms with Crippen LogP contribution in [0.4, 0.5) is 5.69 Å². The lowest BCUT2D eigenvalue weighted by Gasteiger charge is -2.26. The first-order valence-electron chi connectivity index (χ1n) is 10.3. The number of hydrogen-bond donors (Lipinski definition) is 1. The molecule has 0 radical (unpaired) electrons. The maximum absolute atomic E-state index is 13.0. The van der Waals surface area contributed by atoms with Crippen LogP contribution in [0.5, 0.6) is 5.75 Å². The zero-order valence-corrected chi connectivity index (χ0v) is 17.8. The van der Waals surface area contributed by atoms with Gasteiger partial charge in [0.15, 0.2) is 0 Å². The number of anilines is 1. The Morgan fingerprint density at radius 1 is 1.10 bits per heavy atom. The summed E-state index contributed by atoms with van der Waals surface area (Å²) in [4.78, 5) is 13.0. The molecule has 2 aliphatic rings. The van der Waals surface area contributed by atoms with Crippen LogP contribution in [0.25, 0.3) is 0 Å². The highest BCUT2D eigenvalue weighted by Gasteiger charge is 2.27. The molecule has 2 aromatic carbocycles. The summed E-state index contributed by atoms with van der Waals surface area (Å²) in [5, 5.41) is 2.85. The van der Waals surface area contributed by atoms with Gasteiger partial charge in [-0.3, -0.25) is 4.79 Å². The van der Waals surface area contributed by atoms with E-state index in [1.807, 2.05) is 25.1 Å². The Balaban J connectivity index is 1.62. The molecule has 0 aromatic heterocycles. The van der Waals surface area contributed by atoms with Gasteiger partial charge >= 0.3 is 0 Å². The van der Waals surface area contributed by atoms with E-state index >= 15 is 0 Å². The fourth-order valence-corrected chi connectivity index (χ4v) is 5.33. The van der Waals surface area contributed by atoms with Gasteiger partial charge in [0.05, 0.1) is 30.4 Å². The van der Waals surface area contributed by atoms with Crippen molar-refractivity contribution in [3.05, 3.63) is 53.1 Å². The number of carbonyl (C=O) groups excluding carboxylic acids is 1. The summed E-state index contributed by atoms with van der Waals surface area (Å²) in [6.45, 7) is 3.61. The van der Waals surface area contributed by atoms with E-state index in [0.29, 0.717) is 49.9 Å². The molecule has 0 bridgehead atoms. The molecular weight excluding hydrogens is 404 g/mol. The number of morpholine rings is 1. The van der Waals surface area contributed by atoms with Gasteiger partial charge in [0.2, 0.25) is 10.0 Å². The summed E-state index contributed by atoms with van der Waals surface area (Å²) < 4.78 is 38.3. The Morgan fingerprint density at radius 3 is 2.63 bits per heavy atom. The van der Waals surface area contributed by atoms with E-state index in [2.05, 4.69) is 5.32 Å². The summed E-state index contributed by atoms with van der Waals surface area (Å²) in [6.07, 6.45) is 3.14. The second kappa shape index (κ2) is 8.75. The Hall–Kier alpha value is -2.42. The summed E-state index contributed by atoms with van der Waals surface area (Å²) in [5.74, 6) is 0.152. The fourth-order valence-electron chi connectivity index (χ4n) is 3.89. The second-order valence-corrected chi connectivity index (χ2v) is 9.34. The third-order valence-corrected chi connectivity index (χ3v) is 7.36. The van der Waals surface area contributed by atoms with Gasteiger partial charge in [-0.15, -0.1) is 0 Å². The molecule has 1 fully saturated rings. The number of fused-ring (bicyclic) bond motifs is 1. The fraction of sp³-hybridized carbons (Fsp3) is 0.409. The van der Waals surface area contributed by atoms with Gasteiger partial charge in [-0.1, -0.05) is 6.07 Å². The molecule has 2 aromatic rings. The minimum absolute atomic E-state index is 0.122. The molecule has 1 saturated heterocycles. The maximum atomic E-state index is 13.0. The number of nitrogens with zero attached hydrogens (tertiary/aromatic N) is 1. The molecule has 0 atom stereocenters. The Bertz CT molecular complexity index is 1050. The third kappa shape index (κ3) is 4.21. The van der Waals surface area contributed by atoms with Crippen LogP contribution in [0.15, 0.2) is 41.3 Å². The van der Waals surface area contributed by atoms with Crippen LogP contribution >= 0.6 is 0 Å². The molecule has 8 heteroatoms. The summed E-state index contributed by atoms with van der Waals surface area (Å²) in [7, 11) is -3.68. The van der Waals surface area contributed by atoms with Gasteiger partial charge in [-0.2, -0.15) is 4.31 Å². The number of ether oxygens (including phenoxy) is 2. The van der Waals surface area contributed by atoms with Crippen LogP contribution in [-0.2, 0) is 27.6 Å². The Labute approximate surface area is 177 Å². The van der Waals surface area contributed by atoms with E-state index < -0.39 is 10.0 Å². The highest BCUT2D eigenvalue weighted by molar-refractivity contribution is 7.89. The smallest absolute Gasteiger partial charge is 0.255 e. The molecule has 1 aliphatic carbocycles. The zero-order valence-electron chi connectivity index (χ0n) is 17.0. The number of nitrogens with one attached hydrogen (secondary N) is 1. The van der Waals surface area contributed by atoms with E-state index in [4.69, 9.17) is 9.47 Å². The molecule has 4 rings (SSSR count). The molecule has 0 spiro atoms. The van der Waals surface area contributed by atoms with Crippen molar-refractivity contribution in [2.24, 2.45) is 0 Å². The lowest BCUT2D eigenvalue weighted by atomic mass is 10.1. The van der Waals surface area contributed by atoms with Crippen molar-refractivity contribution in [3.8, 4) is 5.75 Å². The lowest BCUT2D eigenvalue weighted by Crippen LogP contribution is -2.40. The molecule has 1 N–H and O–H groups in total.